The maximum absolute atomic E-state index is 13.5. The summed E-state index contributed by atoms with van der Waals surface area (Å²) in [7, 11) is 0. The Bertz CT molecular complexity index is 633. The largest absolute Gasteiger partial charge is 0.379 e. The third kappa shape index (κ3) is 4.41. The topological polar surface area (TPSA) is 38.8 Å². The molecule has 1 aliphatic rings. The molecular formula is C21H26BrNO3. The molecule has 5 heteroatoms. The molecule has 2 aromatic carbocycles. The average Bonchev–Trinajstić information content (AvgIpc) is 2.68. The van der Waals surface area contributed by atoms with Crippen molar-refractivity contribution in [2.45, 2.75) is 12.5 Å². The van der Waals surface area contributed by atoms with E-state index in [1.807, 2.05) is 67.6 Å². The van der Waals surface area contributed by atoms with Crippen LogP contribution in [0.3, 0.4) is 0 Å². The van der Waals surface area contributed by atoms with Gasteiger partial charge in [-0.05, 0) is 18.1 Å². The van der Waals surface area contributed by atoms with Gasteiger partial charge in [0.15, 0.2) is 11.4 Å². The first-order valence-electron chi connectivity index (χ1n) is 8.85. The second-order valence-electron chi connectivity index (χ2n) is 6.16. The number of Topliss-reactive ketones (excluding diaryl/α,β-unsaturated/α-hetero) is 1. The van der Waals surface area contributed by atoms with Gasteiger partial charge in [-0.1, -0.05) is 60.7 Å². The van der Waals surface area contributed by atoms with Crippen molar-refractivity contribution in [2.75, 3.05) is 39.5 Å². The summed E-state index contributed by atoms with van der Waals surface area (Å²) in [6.07, 6.45) is 0. The molecule has 1 saturated heterocycles. The molecule has 0 radical (unpaired) electrons. The Morgan fingerprint density at radius 1 is 1.00 bits per heavy atom. The minimum Gasteiger partial charge on any atom is -0.379 e. The molecule has 1 aliphatic heterocycles. The SMILES string of the molecule is Br.CCOC(C(=O)CN1CCOCC1)(c1ccccc1)c1ccccc1. The quantitative estimate of drug-likeness (QED) is 0.688. The summed E-state index contributed by atoms with van der Waals surface area (Å²) in [5.74, 6) is 0.0636. The fourth-order valence-corrected chi connectivity index (χ4v) is 3.37. The van der Waals surface area contributed by atoms with Crippen LogP contribution in [-0.2, 0) is 19.9 Å². The first-order valence-corrected chi connectivity index (χ1v) is 8.85. The Kier molecular flexibility index (Phi) is 7.97. The molecule has 0 bridgehead atoms. The molecule has 0 spiro atoms. The summed E-state index contributed by atoms with van der Waals surface area (Å²) in [4.78, 5) is 15.7. The number of hydrogen-bond acceptors (Lipinski definition) is 4. The lowest BCUT2D eigenvalue weighted by molar-refractivity contribution is -0.142. The van der Waals surface area contributed by atoms with Gasteiger partial charge in [0.05, 0.1) is 19.8 Å². The third-order valence-corrected chi connectivity index (χ3v) is 4.59. The van der Waals surface area contributed by atoms with E-state index in [9.17, 15) is 4.79 Å². The van der Waals surface area contributed by atoms with Crippen LogP contribution in [0.1, 0.15) is 18.1 Å². The summed E-state index contributed by atoms with van der Waals surface area (Å²) < 4.78 is 11.6. The van der Waals surface area contributed by atoms with E-state index in [2.05, 4.69) is 4.90 Å². The Labute approximate surface area is 165 Å². The lowest BCUT2D eigenvalue weighted by atomic mass is 9.82. The van der Waals surface area contributed by atoms with E-state index < -0.39 is 5.60 Å². The highest BCUT2D eigenvalue weighted by molar-refractivity contribution is 8.93. The molecule has 2 aromatic rings. The Hall–Kier alpha value is -1.53. The predicted molar refractivity (Wildman–Crippen MR) is 108 cm³/mol. The van der Waals surface area contributed by atoms with Crippen molar-refractivity contribution in [3.63, 3.8) is 0 Å². The zero-order valence-corrected chi connectivity index (χ0v) is 16.8. The first-order chi connectivity index (χ1) is 12.3. The number of halogens is 1. The van der Waals surface area contributed by atoms with E-state index in [1.165, 1.54) is 0 Å². The molecular weight excluding hydrogens is 394 g/mol. The van der Waals surface area contributed by atoms with Gasteiger partial charge < -0.3 is 9.47 Å². The van der Waals surface area contributed by atoms with Gasteiger partial charge in [-0.15, -0.1) is 17.0 Å². The number of carbonyl (C=O) groups excluding carboxylic acids is 1. The Morgan fingerprint density at radius 2 is 1.50 bits per heavy atom. The van der Waals surface area contributed by atoms with Crippen LogP contribution in [0.4, 0.5) is 0 Å². The second kappa shape index (κ2) is 9.97. The smallest absolute Gasteiger partial charge is 0.187 e. The molecule has 26 heavy (non-hydrogen) atoms. The van der Waals surface area contributed by atoms with Gasteiger partial charge in [0, 0.05) is 19.7 Å². The fourth-order valence-electron chi connectivity index (χ4n) is 3.37. The number of hydrogen-bond donors (Lipinski definition) is 0. The van der Waals surface area contributed by atoms with Crippen molar-refractivity contribution in [1.29, 1.82) is 0 Å². The van der Waals surface area contributed by atoms with E-state index in [1.54, 1.807) is 0 Å². The molecule has 0 amide bonds. The van der Waals surface area contributed by atoms with Gasteiger partial charge in [-0.2, -0.15) is 0 Å². The molecule has 140 valence electrons. The Morgan fingerprint density at radius 3 is 1.96 bits per heavy atom. The van der Waals surface area contributed by atoms with Crippen molar-refractivity contribution in [3.05, 3.63) is 71.8 Å². The summed E-state index contributed by atoms with van der Waals surface area (Å²) in [5.41, 5.74) is 0.679. The maximum Gasteiger partial charge on any atom is 0.187 e. The molecule has 4 nitrogen and oxygen atoms in total. The van der Waals surface area contributed by atoms with Crippen molar-refractivity contribution in [3.8, 4) is 0 Å². The minimum atomic E-state index is -1.07. The van der Waals surface area contributed by atoms with Gasteiger partial charge in [-0.25, -0.2) is 0 Å². The number of carbonyl (C=O) groups is 1. The van der Waals surface area contributed by atoms with Crippen LogP contribution in [0.2, 0.25) is 0 Å². The monoisotopic (exact) mass is 419 g/mol. The average molecular weight is 420 g/mol. The summed E-state index contributed by atoms with van der Waals surface area (Å²) >= 11 is 0. The molecule has 0 aliphatic carbocycles. The summed E-state index contributed by atoms with van der Waals surface area (Å²) in [5, 5.41) is 0. The summed E-state index contributed by atoms with van der Waals surface area (Å²) in [6, 6.07) is 19.6. The molecule has 1 fully saturated rings. The molecule has 3 rings (SSSR count). The highest BCUT2D eigenvalue weighted by Gasteiger charge is 2.43. The first kappa shape index (κ1) is 20.8. The zero-order chi connectivity index (χ0) is 17.5. The number of rotatable bonds is 7. The number of morpholine rings is 1. The molecule has 0 N–H and O–H groups in total. The lowest BCUT2D eigenvalue weighted by Crippen LogP contribution is -2.48. The van der Waals surface area contributed by atoms with Gasteiger partial charge in [0.2, 0.25) is 0 Å². The van der Waals surface area contributed by atoms with Crippen LogP contribution in [0.15, 0.2) is 60.7 Å². The Balaban J connectivity index is 0.00000243. The normalized spacial score (nSPS) is 15.3. The van der Waals surface area contributed by atoms with Crippen LogP contribution in [0.5, 0.6) is 0 Å². The van der Waals surface area contributed by atoms with E-state index in [0.717, 1.165) is 24.2 Å². The number of nitrogens with zero attached hydrogens (tertiary/aromatic N) is 1. The van der Waals surface area contributed by atoms with Crippen molar-refractivity contribution >= 4 is 22.8 Å². The second-order valence-corrected chi connectivity index (χ2v) is 6.16. The van der Waals surface area contributed by atoms with E-state index in [0.29, 0.717) is 26.4 Å². The predicted octanol–water partition coefficient (Wildman–Crippen LogP) is 3.45. The molecule has 0 unspecified atom stereocenters. The minimum absolute atomic E-state index is 0. The summed E-state index contributed by atoms with van der Waals surface area (Å²) in [6.45, 7) is 5.64. The van der Waals surface area contributed by atoms with Gasteiger partial charge in [0.1, 0.15) is 0 Å². The van der Waals surface area contributed by atoms with Crippen LogP contribution >= 0.6 is 17.0 Å². The number of benzene rings is 2. The van der Waals surface area contributed by atoms with Crippen LogP contribution < -0.4 is 0 Å². The fraction of sp³-hybridized carbons (Fsp3) is 0.381. The van der Waals surface area contributed by atoms with Crippen molar-refractivity contribution < 1.29 is 14.3 Å². The van der Waals surface area contributed by atoms with Crippen LogP contribution in [-0.4, -0.2) is 50.1 Å². The maximum atomic E-state index is 13.5. The van der Waals surface area contributed by atoms with Gasteiger partial charge >= 0.3 is 0 Å². The molecule has 0 atom stereocenters. The zero-order valence-electron chi connectivity index (χ0n) is 15.1. The lowest BCUT2D eigenvalue weighted by Gasteiger charge is -2.36. The molecule has 0 saturated carbocycles. The number of ketones is 1. The van der Waals surface area contributed by atoms with Crippen molar-refractivity contribution in [2.24, 2.45) is 0 Å². The van der Waals surface area contributed by atoms with E-state index in [-0.39, 0.29) is 22.8 Å². The van der Waals surface area contributed by atoms with Crippen LogP contribution in [0, 0.1) is 0 Å². The van der Waals surface area contributed by atoms with Gasteiger partial charge in [-0.3, -0.25) is 9.69 Å². The van der Waals surface area contributed by atoms with E-state index in [4.69, 9.17) is 9.47 Å². The highest BCUT2D eigenvalue weighted by atomic mass is 79.9. The molecule has 1 heterocycles. The highest BCUT2D eigenvalue weighted by Crippen LogP contribution is 2.35. The van der Waals surface area contributed by atoms with Crippen LogP contribution in [0.25, 0.3) is 0 Å². The third-order valence-electron chi connectivity index (χ3n) is 4.59. The van der Waals surface area contributed by atoms with Crippen molar-refractivity contribution in [1.82, 2.24) is 4.90 Å². The molecule has 0 aromatic heterocycles. The van der Waals surface area contributed by atoms with E-state index >= 15 is 0 Å². The van der Waals surface area contributed by atoms with Gasteiger partial charge in [0.25, 0.3) is 0 Å². The number of ether oxygens (including phenoxy) is 2. The standard InChI is InChI=1S/C21H25NO3.BrH/c1-2-25-21(18-9-5-3-6-10-18,19-11-7-4-8-12-19)20(23)17-22-13-15-24-16-14-22;/h3-12H,2,13-17H2,1H3;1H.